The first kappa shape index (κ1) is 20.7. The predicted octanol–water partition coefficient (Wildman–Crippen LogP) is 4.45. The number of hydrogen-bond donors (Lipinski definition) is 1. The molecule has 0 saturated carbocycles. The van der Waals surface area contributed by atoms with Crippen molar-refractivity contribution in [2.45, 2.75) is 12.8 Å². The zero-order valence-corrected chi connectivity index (χ0v) is 17.1. The molecule has 0 bridgehead atoms. The van der Waals surface area contributed by atoms with Crippen molar-refractivity contribution in [3.05, 3.63) is 94.1 Å². The molecule has 3 aromatic rings. The zero-order valence-electron chi connectivity index (χ0n) is 16.3. The highest BCUT2D eigenvalue weighted by Crippen LogP contribution is 2.35. The van der Waals surface area contributed by atoms with E-state index in [2.05, 4.69) is 9.71 Å². The van der Waals surface area contributed by atoms with E-state index in [1.54, 1.807) is 30.3 Å². The number of sulfonamides is 1. The Kier molecular flexibility index (Phi) is 5.53. The molecule has 0 saturated heterocycles. The number of nitriles is 1. The van der Waals surface area contributed by atoms with Crippen LogP contribution in [-0.4, -0.2) is 19.4 Å². The Labute approximate surface area is 178 Å². The molecule has 1 aromatic heterocycles. The minimum Gasteiger partial charge on any atom is -0.281 e. The number of nitrogens with one attached hydrogen (secondary N) is 1. The summed E-state index contributed by atoms with van der Waals surface area (Å²) in [5, 5.41) is 9.20. The molecule has 0 spiro atoms. The van der Waals surface area contributed by atoms with Crippen molar-refractivity contribution >= 4 is 27.4 Å². The lowest BCUT2D eigenvalue weighted by Gasteiger charge is -2.13. The van der Waals surface area contributed by atoms with Crippen molar-refractivity contribution in [3.63, 3.8) is 0 Å². The van der Waals surface area contributed by atoms with Crippen molar-refractivity contribution in [1.82, 2.24) is 4.98 Å². The molecule has 1 aliphatic rings. The molecule has 2 aromatic carbocycles. The van der Waals surface area contributed by atoms with Crippen LogP contribution < -0.4 is 4.72 Å². The lowest BCUT2D eigenvalue weighted by Crippen LogP contribution is -2.13. The largest absolute Gasteiger partial charge is 0.281 e. The van der Waals surface area contributed by atoms with Crippen LogP contribution in [-0.2, 0) is 22.9 Å². The van der Waals surface area contributed by atoms with Gasteiger partial charge in [-0.1, -0.05) is 18.2 Å². The van der Waals surface area contributed by atoms with E-state index in [1.807, 2.05) is 18.2 Å². The molecule has 1 heterocycles. The fraction of sp³-hybridized carbons (Fsp3) is 0.130. The van der Waals surface area contributed by atoms with E-state index in [-0.39, 0.29) is 11.5 Å². The Morgan fingerprint density at radius 2 is 1.90 bits per heavy atom. The topological polar surface area (TPSA) is 82.8 Å². The van der Waals surface area contributed by atoms with Crippen LogP contribution in [0.3, 0.4) is 0 Å². The van der Waals surface area contributed by atoms with Gasteiger partial charge in [-0.3, -0.25) is 4.72 Å². The quantitative estimate of drug-likeness (QED) is 0.654. The summed E-state index contributed by atoms with van der Waals surface area (Å²) >= 11 is 0. The van der Waals surface area contributed by atoms with E-state index in [0.29, 0.717) is 24.1 Å². The zero-order chi connectivity index (χ0) is 22.0. The first-order chi connectivity index (χ1) is 14.9. The molecule has 0 unspecified atom stereocenters. The third-order valence-corrected chi connectivity index (χ3v) is 5.82. The van der Waals surface area contributed by atoms with Crippen LogP contribution in [0.2, 0.25) is 0 Å². The second-order valence-corrected chi connectivity index (χ2v) is 8.77. The molecule has 1 aliphatic carbocycles. The number of hydrogen-bond acceptors (Lipinski definition) is 4. The predicted molar refractivity (Wildman–Crippen MR) is 115 cm³/mol. The highest BCUT2D eigenvalue weighted by Gasteiger charge is 2.20. The maximum atomic E-state index is 13.9. The average molecular weight is 437 g/mol. The Morgan fingerprint density at radius 1 is 1.10 bits per heavy atom. The maximum Gasteiger partial charge on any atom is 0.262 e. The molecule has 1 N–H and O–H groups in total. The molecular formula is C23H17F2N3O2S. The van der Waals surface area contributed by atoms with Crippen LogP contribution >= 0.6 is 0 Å². The van der Waals surface area contributed by atoms with Gasteiger partial charge in [-0.15, -0.1) is 0 Å². The molecule has 0 atom stereocenters. The highest BCUT2D eigenvalue weighted by atomic mass is 32.2. The second kappa shape index (κ2) is 8.28. The van der Waals surface area contributed by atoms with Gasteiger partial charge in [0.15, 0.2) is 0 Å². The summed E-state index contributed by atoms with van der Waals surface area (Å²) < 4.78 is 51.9. The monoisotopic (exact) mass is 437 g/mol. The van der Waals surface area contributed by atoms with Crippen molar-refractivity contribution < 1.29 is 17.2 Å². The van der Waals surface area contributed by atoms with Gasteiger partial charge in [-0.05, 0) is 77.6 Å². The molecule has 0 aliphatic heterocycles. The van der Waals surface area contributed by atoms with Crippen LogP contribution in [0.5, 0.6) is 0 Å². The Hall–Kier alpha value is -3.57. The van der Waals surface area contributed by atoms with Gasteiger partial charge in [-0.25, -0.2) is 22.2 Å². The van der Waals surface area contributed by atoms with E-state index in [1.165, 1.54) is 18.2 Å². The van der Waals surface area contributed by atoms with Gasteiger partial charge < -0.3 is 0 Å². The van der Waals surface area contributed by atoms with Gasteiger partial charge in [0.05, 0.1) is 5.69 Å². The minimum atomic E-state index is -4.06. The summed E-state index contributed by atoms with van der Waals surface area (Å²) in [4.78, 5) is 4.44. The number of halogens is 2. The van der Waals surface area contributed by atoms with Crippen LogP contribution in [0.4, 0.5) is 14.5 Å². The van der Waals surface area contributed by atoms with Gasteiger partial charge in [0.2, 0.25) is 6.01 Å². The summed E-state index contributed by atoms with van der Waals surface area (Å²) in [6.07, 6.45) is 2.96. The standard InChI is InChI=1S/C23H17F2N3O2S/c24-14-31(29,30)28-18-3-1-2-15(10-18)11-22-20-7-5-17(25)12-16(20)4-9-23-21(22)8-6-19(13-26)27-23/h1-3,5-8,10-12,28H,4,9,14H2/b22-11+. The fourth-order valence-corrected chi connectivity index (χ4v) is 4.19. The van der Waals surface area contributed by atoms with Crippen molar-refractivity contribution in [2.75, 3.05) is 10.7 Å². The molecule has 5 nitrogen and oxygen atoms in total. The van der Waals surface area contributed by atoms with Gasteiger partial charge in [0.1, 0.15) is 17.6 Å². The molecular weight excluding hydrogens is 420 g/mol. The Balaban J connectivity index is 1.87. The molecule has 31 heavy (non-hydrogen) atoms. The number of rotatable bonds is 4. The lowest BCUT2D eigenvalue weighted by atomic mass is 9.93. The van der Waals surface area contributed by atoms with E-state index in [9.17, 15) is 22.5 Å². The Bertz CT molecular complexity index is 1350. The van der Waals surface area contributed by atoms with Gasteiger partial charge >= 0.3 is 0 Å². The van der Waals surface area contributed by atoms with Crippen LogP contribution in [0.25, 0.3) is 11.6 Å². The number of benzene rings is 2. The number of anilines is 1. The number of alkyl halides is 1. The SMILES string of the molecule is N#Cc1ccc2c(n1)CCc1cc(F)ccc1/C2=C\c1cccc(NS(=O)(=O)CF)c1. The number of pyridine rings is 1. The summed E-state index contributed by atoms with van der Waals surface area (Å²) in [7, 11) is -4.06. The van der Waals surface area contributed by atoms with Crippen LogP contribution in [0.1, 0.15) is 33.6 Å². The number of aryl methyl sites for hydroxylation is 2. The summed E-state index contributed by atoms with van der Waals surface area (Å²) in [5.74, 6) is -0.336. The number of fused-ring (bicyclic) bond motifs is 2. The van der Waals surface area contributed by atoms with Crippen LogP contribution in [0, 0.1) is 17.1 Å². The van der Waals surface area contributed by atoms with Gasteiger partial charge in [0.25, 0.3) is 10.0 Å². The summed E-state index contributed by atoms with van der Waals surface area (Å²) in [6.45, 7) is 0. The van der Waals surface area contributed by atoms with E-state index in [0.717, 1.165) is 28.0 Å². The maximum absolute atomic E-state index is 13.9. The third-order valence-electron chi connectivity index (χ3n) is 4.98. The first-order valence-corrected chi connectivity index (χ1v) is 11.1. The number of aromatic nitrogens is 1. The van der Waals surface area contributed by atoms with Crippen LogP contribution in [0.15, 0.2) is 54.6 Å². The normalized spacial score (nSPS) is 14.3. The average Bonchev–Trinajstić information content (AvgIpc) is 2.90. The van der Waals surface area contributed by atoms with Crippen molar-refractivity contribution in [3.8, 4) is 6.07 Å². The fourth-order valence-electron chi connectivity index (χ4n) is 3.65. The van der Waals surface area contributed by atoms with E-state index in [4.69, 9.17) is 0 Å². The van der Waals surface area contributed by atoms with Crippen molar-refractivity contribution in [1.29, 1.82) is 5.26 Å². The first-order valence-electron chi connectivity index (χ1n) is 9.46. The highest BCUT2D eigenvalue weighted by molar-refractivity contribution is 7.92. The molecule has 156 valence electrons. The smallest absolute Gasteiger partial charge is 0.262 e. The lowest BCUT2D eigenvalue weighted by molar-refractivity contribution is 0.538. The molecule has 0 amide bonds. The second-order valence-electron chi connectivity index (χ2n) is 7.11. The third kappa shape index (κ3) is 4.47. The van der Waals surface area contributed by atoms with E-state index >= 15 is 0 Å². The van der Waals surface area contributed by atoms with E-state index < -0.39 is 16.0 Å². The van der Waals surface area contributed by atoms with Gasteiger partial charge in [-0.2, -0.15) is 5.26 Å². The molecule has 8 heteroatoms. The number of nitrogens with zero attached hydrogens (tertiary/aromatic N) is 2. The van der Waals surface area contributed by atoms with Crippen molar-refractivity contribution in [2.24, 2.45) is 0 Å². The summed E-state index contributed by atoms with van der Waals surface area (Å²) in [6, 6.07) is 15.1. The molecule has 4 rings (SSSR count). The molecule has 0 fully saturated rings. The minimum absolute atomic E-state index is 0.234. The van der Waals surface area contributed by atoms with Gasteiger partial charge in [0, 0.05) is 11.3 Å². The summed E-state index contributed by atoms with van der Waals surface area (Å²) in [5.41, 5.74) is 5.19. The Morgan fingerprint density at radius 3 is 2.68 bits per heavy atom. The molecule has 0 radical (unpaired) electrons.